The molecule has 0 spiro atoms. The van der Waals surface area contributed by atoms with Crippen LogP contribution in [0.25, 0.3) is 10.9 Å². The minimum atomic E-state index is 0.362. The molecule has 0 amide bonds. The average molecular weight is 227 g/mol. The number of fused-ring (bicyclic) bond motifs is 1. The third kappa shape index (κ3) is 2.11. The van der Waals surface area contributed by atoms with E-state index in [9.17, 15) is 0 Å². The van der Waals surface area contributed by atoms with Crippen LogP contribution < -0.4 is 11.1 Å². The molecule has 0 radical (unpaired) electrons. The first kappa shape index (κ1) is 10.5. The molecule has 1 aliphatic carbocycles. The zero-order valence-electron chi connectivity index (χ0n) is 9.76. The van der Waals surface area contributed by atoms with Gasteiger partial charge in [0.25, 0.3) is 0 Å². The van der Waals surface area contributed by atoms with Gasteiger partial charge in [0.05, 0.1) is 5.52 Å². The summed E-state index contributed by atoms with van der Waals surface area (Å²) in [6.07, 6.45) is 5.19. The Bertz CT molecular complexity index is 518. The van der Waals surface area contributed by atoms with E-state index in [4.69, 9.17) is 5.73 Å². The molecule has 3 rings (SSSR count). The number of rotatable bonds is 2. The van der Waals surface area contributed by atoms with Crippen LogP contribution in [0.5, 0.6) is 0 Å². The van der Waals surface area contributed by atoms with Gasteiger partial charge in [-0.25, -0.2) is 0 Å². The maximum Gasteiger partial charge on any atom is 0.0722 e. The van der Waals surface area contributed by atoms with Gasteiger partial charge >= 0.3 is 0 Å². The van der Waals surface area contributed by atoms with Crippen LogP contribution in [0, 0.1) is 0 Å². The van der Waals surface area contributed by atoms with E-state index in [0.717, 1.165) is 24.8 Å². The van der Waals surface area contributed by atoms with Gasteiger partial charge in [0.15, 0.2) is 0 Å². The first-order valence-electron chi connectivity index (χ1n) is 6.19. The fourth-order valence-corrected chi connectivity index (χ4v) is 2.60. The van der Waals surface area contributed by atoms with Crippen molar-refractivity contribution in [2.75, 3.05) is 5.32 Å². The van der Waals surface area contributed by atoms with Gasteiger partial charge < -0.3 is 11.1 Å². The third-order valence-electron chi connectivity index (χ3n) is 3.48. The molecule has 3 N–H and O–H groups in total. The molecule has 2 aromatic rings. The topological polar surface area (TPSA) is 50.9 Å². The Morgan fingerprint density at radius 1 is 1.18 bits per heavy atom. The molecule has 1 aromatic heterocycles. The van der Waals surface area contributed by atoms with E-state index >= 15 is 0 Å². The number of hydrogen-bond acceptors (Lipinski definition) is 3. The second-order valence-electron chi connectivity index (χ2n) is 4.79. The van der Waals surface area contributed by atoms with Crippen molar-refractivity contribution in [2.24, 2.45) is 5.73 Å². The normalized spacial score (nSPS) is 24.1. The molecule has 88 valence electrons. The highest BCUT2D eigenvalue weighted by molar-refractivity contribution is 5.91. The van der Waals surface area contributed by atoms with Crippen molar-refractivity contribution >= 4 is 16.6 Å². The van der Waals surface area contributed by atoms with Crippen molar-refractivity contribution < 1.29 is 0 Å². The molecule has 3 heteroatoms. The van der Waals surface area contributed by atoms with E-state index in [1.165, 1.54) is 11.1 Å². The molecule has 1 aromatic carbocycles. The number of nitrogens with two attached hydrogens (primary N) is 1. The Morgan fingerprint density at radius 2 is 2.12 bits per heavy atom. The third-order valence-corrected chi connectivity index (χ3v) is 3.48. The number of hydrogen-bond donors (Lipinski definition) is 2. The van der Waals surface area contributed by atoms with Gasteiger partial charge in [0, 0.05) is 29.4 Å². The Labute approximate surface area is 101 Å². The smallest absolute Gasteiger partial charge is 0.0722 e. The van der Waals surface area contributed by atoms with Crippen LogP contribution in [0.3, 0.4) is 0 Å². The van der Waals surface area contributed by atoms with E-state index in [-0.39, 0.29) is 0 Å². The molecule has 2 atom stereocenters. The van der Waals surface area contributed by atoms with Crippen molar-refractivity contribution in [3.05, 3.63) is 36.5 Å². The molecule has 1 saturated carbocycles. The first-order valence-corrected chi connectivity index (χ1v) is 6.19. The Morgan fingerprint density at radius 3 is 2.94 bits per heavy atom. The second-order valence-corrected chi connectivity index (χ2v) is 4.79. The van der Waals surface area contributed by atoms with E-state index in [2.05, 4.69) is 22.4 Å². The monoisotopic (exact) mass is 227 g/mol. The standard InChI is InChI=1S/C14H17N3/c15-10-6-7-11(9-10)17-14-5-1-4-13-12(14)3-2-8-16-13/h1-5,8,10-11,17H,6-7,9,15H2. The predicted molar refractivity (Wildman–Crippen MR) is 71.0 cm³/mol. The van der Waals surface area contributed by atoms with Gasteiger partial charge in [0.1, 0.15) is 0 Å². The van der Waals surface area contributed by atoms with Crippen molar-refractivity contribution in [1.29, 1.82) is 0 Å². The number of nitrogens with one attached hydrogen (secondary N) is 1. The van der Waals surface area contributed by atoms with Crippen molar-refractivity contribution in [1.82, 2.24) is 4.98 Å². The molecule has 3 nitrogen and oxygen atoms in total. The van der Waals surface area contributed by atoms with Crippen molar-refractivity contribution in [2.45, 2.75) is 31.3 Å². The molecular weight excluding hydrogens is 210 g/mol. The second kappa shape index (κ2) is 4.34. The molecular formula is C14H17N3. The highest BCUT2D eigenvalue weighted by Crippen LogP contribution is 2.26. The van der Waals surface area contributed by atoms with Crippen LogP contribution >= 0.6 is 0 Å². The lowest BCUT2D eigenvalue weighted by molar-refractivity contribution is 0.688. The molecule has 0 aliphatic heterocycles. The number of pyridine rings is 1. The number of benzene rings is 1. The summed E-state index contributed by atoms with van der Waals surface area (Å²) in [5, 5.41) is 4.78. The quantitative estimate of drug-likeness (QED) is 0.829. The van der Waals surface area contributed by atoms with E-state index in [0.29, 0.717) is 12.1 Å². The minimum Gasteiger partial charge on any atom is -0.382 e. The lowest BCUT2D eigenvalue weighted by Crippen LogP contribution is -2.20. The lowest BCUT2D eigenvalue weighted by atomic mass is 10.1. The Balaban J connectivity index is 1.90. The van der Waals surface area contributed by atoms with Gasteiger partial charge in [-0.05, 0) is 43.5 Å². The van der Waals surface area contributed by atoms with Crippen LogP contribution in [0.15, 0.2) is 36.5 Å². The summed E-state index contributed by atoms with van der Waals surface area (Å²) in [7, 11) is 0. The summed E-state index contributed by atoms with van der Waals surface area (Å²) in [5.41, 5.74) is 8.16. The van der Waals surface area contributed by atoms with Crippen molar-refractivity contribution in [3.8, 4) is 0 Å². The first-order chi connectivity index (χ1) is 8.33. The maximum absolute atomic E-state index is 5.94. The number of nitrogens with zero attached hydrogens (tertiary/aromatic N) is 1. The van der Waals surface area contributed by atoms with Crippen LogP contribution in [0.2, 0.25) is 0 Å². The fraction of sp³-hybridized carbons (Fsp3) is 0.357. The van der Waals surface area contributed by atoms with Gasteiger partial charge in [-0.3, -0.25) is 4.98 Å². The SMILES string of the molecule is NC1CCC(Nc2cccc3ncccc23)C1. The maximum atomic E-state index is 5.94. The average Bonchev–Trinajstić information content (AvgIpc) is 2.75. The number of aromatic nitrogens is 1. The lowest BCUT2D eigenvalue weighted by Gasteiger charge is -2.15. The summed E-state index contributed by atoms with van der Waals surface area (Å²) in [5.74, 6) is 0. The molecule has 17 heavy (non-hydrogen) atoms. The molecule has 1 heterocycles. The highest BCUT2D eigenvalue weighted by Gasteiger charge is 2.21. The zero-order chi connectivity index (χ0) is 11.7. The molecule has 2 unspecified atom stereocenters. The van der Waals surface area contributed by atoms with Gasteiger partial charge in [-0.1, -0.05) is 6.07 Å². The zero-order valence-corrected chi connectivity index (χ0v) is 9.76. The van der Waals surface area contributed by atoms with E-state index < -0.39 is 0 Å². The molecule has 0 saturated heterocycles. The molecule has 0 bridgehead atoms. The fourth-order valence-electron chi connectivity index (χ4n) is 2.60. The predicted octanol–water partition coefficient (Wildman–Crippen LogP) is 2.53. The summed E-state index contributed by atoms with van der Waals surface area (Å²) in [6, 6.07) is 11.2. The summed E-state index contributed by atoms with van der Waals surface area (Å²) < 4.78 is 0. The van der Waals surface area contributed by atoms with Crippen LogP contribution in [0.4, 0.5) is 5.69 Å². The molecule has 1 aliphatic rings. The van der Waals surface area contributed by atoms with Crippen LogP contribution in [0.1, 0.15) is 19.3 Å². The van der Waals surface area contributed by atoms with Gasteiger partial charge in [0.2, 0.25) is 0 Å². The van der Waals surface area contributed by atoms with E-state index in [1.807, 2.05) is 24.4 Å². The van der Waals surface area contributed by atoms with Gasteiger partial charge in [-0.15, -0.1) is 0 Å². The summed E-state index contributed by atoms with van der Waals surface area (Å²) >= 11 is 0. The largest absolute Gasteiger partial charge is 0.382 e. The van der Waals surface area contributed by atoms with Gasteiger partial charge in [-0.2, -0.15) is 0 Å². The van der Waals surface area contributed by atoms with Crippen molar-refractivity contribution in [3.63, 3.8) is 0 Å². The summed E-state index contributed by atoms with van der Waals surface area (Å²) in [6.45, 7) is 0. The minimum absolute atomic E-state index is 0.362. The van der Waals surface area contributed by atoms with E-state index in [1.54, 1.807) is 0 Å². The number of anilines is 1. The highest BCUT2D eigenvalue weighted by atomic mass is 14.9. The Kier molecular flexibility index (Phi) is 2.69. The Hall–Kier alpha value is -1.61. The molecule has 1 fully saturated rings. The van der Waals surface area contributed by atoms with Crippen LogP contribution in [-0.2, 0) is 0 Å². The van der Waals surface area contributed by atoms with Crippen LogP contribution in [-0.4, -0.2) is 17.1 Å². The summed E-state index contributed by atoms with van der Waals surface area (Å²) in [4.78, 5) is 4.37.